The van der Waals surface area contributed by atoms with Gasteiger partial charge >= 0.3 is 0 Å². The summed E-state index contributed by atoms with van der Waals surface area (Å²) in [7, 11) is 1.44. The van der Waals surface area contributed by atoms with E-state index in [-0.39, 0.29) is 12.1 Å². The highest BCUT2D eigenvalue weighted by Crippen LogP contribution is 2.20. The third-order valence-corrected chi connectivity index (χ3v) is 3.80. The molecule has 0 unspecified atom stereocenters. The molecule has 128 valence electrons. The number of nitrogens with one attached hydrogen (secondary N) is 1. The SMILES string of the molecule is COc1ccc(C(=O)NCCOc2ccc3ccccc3c2)c(F)c1. The number of halogens is 1. The molecule has 0 fully saturated rings. The average Bonchev–Trinajstić information content (AvgIpc) is 2.64. The molecule has 0 saturated carbocycles. The van der Waals surface area contributed by atoms with Crippen LogP contribution in [-0.2, 0) is 0 Å². The molecule has 0 aliphatic heterocycles. The van der Waals surface area contributed by atoms with Crippen LogP contribution in [0, 0.1) is 5.82 Å². The lowest BCUT2D eigenvalue weighted by molar-refractivity contribution is 0.0943. The number of amides is 1. The van der Waals surface area contributed by atoms with Crippen LogP contribution in [0.1, 0.15) is 10.4 Å². The predicted molar refractivity (Wildman–Crippen MR) is 94.7 cm³/mol. The zero-order valence-corrected chi connectivity index (χ0v) is 13.8. The first-order valence-electron chi connectivity index (χ1n) is 7.91. The lowest BCUT2D eigenvalue weighted by Crippen LogP contribution is -2.28. The number of fused-ring (bicyclic) bond motifs is 1. The molecular weight excluding hydrogens is 321 g/mol. The Morgan fingerprint density at radius 3 is 2.52 bits per heavy atom. The monoisotopic (exact) mass is 339 g/mol. The quantitative estimate of drug-likeness (QED) is 0.695. The zero-order chi connectivity index (χ0) is 17.6. The van der Waals surface area contributed by atoms with Crippen LogP contribution in [0.3, 0.4) is 0 Å². The Bertz CT molecular complexity index is 895. The number of methoxy groups -OCH3 is 1. The summed E-state index contributed by atoms with van der Waals surface area (Å²) in [4.78, 5) is 12.0. The molecule has 5 heteroatoms. The van der Waals surface area contributed by atoms with Gasteiger partial charge in [0.2, 0.25) is 0 Å². The van der Waals surface area contributed by atoms with Crippen LogP contribution >= 0.6 is 0 Å². The maximum Gasteiger partial charge on any atom is 0.254 e. The fourth-order valence-corrected chi connectivity index (χ4v) is 2.49. The summed E-state index contributed by atoms with van der Waals surface area (Å²) in [5.74, 6) is -0.00757. The molecular formula is C20H18FNO3. The molecule has 0 aromatic heterocycles. The number of carbonyl (C=O) groups is 1. The third kappa shape index (κ3) is 4.07. The van der Waals surface area contributed by atoms with Crippen LogP contribution in [0.4, 0.5) is 4.39 Å². The standard InChI is InChI=1S/C20H18FNO3/c1-24-16-8-9-18(19(21)13-16)20(23)22-10-11-25-17-7-6-14-4-2-3-5-15(14)12-17/h2-9,12-13H,10-11H2,1H3,(H,22,23). The molecule has 0 saturated heterocycles. The van der Waals surface area contributed by atoms with Gasteiger partial charge < -0.3 is 14.8 Å². The molecule has 0 radical (unpaired) electrons. The van der Waals surface area contributed by atoms with Crippen LogP contribution in [0.2, 0.25) is 0 Å². The molecule has 0 heterocycles. The van der Waals surface area contributed by atoms with Gasteiger partial charge in [0, 0.05) is 6.07 Å². The van der Waals surface area contributed by atoms with Crippen molar-refractivity contribution >= 4 is 16.7 Å². The number of ether oxygens (including phenoxy) is 2. The second-order valence-corrected chi connectivity index (χ2v) is 5.46. The van der Waals surface area contributed by atoms with Crippen molar-refractivity contribution < 1.29 is 18.7 Å². The summed E-state index contributed by atoms with van der Waals surface area (Å²) in [6, 6.07) is 17.9. The first-order valence-corrected chi connectivity index (χ1v) is 7.91. The maximum atomic E-state index is 13.8. The molecule has 4 nitrogen and oxygen atoms in total. The molecule has 25 heavy (non-hydrogen) atoms. The number of hydrogen-bond acceptors (Lipinski definition) is 3. The summed E-state index contributed by atoms with van der Waals surface area (Å²) in [6.07, 6.45) is 0. The summed E-state index contributed by atoms with van der Waals surface area (Å²) >= 11 is 0. The van der Waals surface area contributed by atoms with Crippen molar-refractivity contribution in [3.05, 3.63) is 72.0 Å². The molecule has 0 spiro atoms. The van der Waals surface area contributed by atoms with Gasteiger partial charge in [-0.2, -0.15) is 0 Å². The Kier molecular flexibility index (Phi) is 5.14. The summed E-state index contributed by atoms with van der Waals surface area (Å²) in [5, 5.41) is 4.86. The number of rotatable bonds is 6. The van der Waals surface area contributed by atoms with E-state index in [1.54, 1.807) is 6.07 Å². The van der Waals surface area contributed by atoms with Gasteiger partial charge in [-0.1, -0.05) is 30.3 Å². The van der Waals surface area contributed by atoms with Crippen molar-refractivity contribution in [1.29, 1.82) is 0 Å². The van der Waals surface area contributed by atoms with Crippen molar-refractivity contribution in [2.24, 2.45) is 0 Å². The second-order valence-electron chi connectivity index (χ2n) is 5.46. The van der Waals surface area contributed by atoms with Gasteiger partial charge in [0.05, 0.1) is 19.2 Å². The number of carbonyl (C=O) groups excluding carboxylic acids is 1. The van der Waals surface area contributed by atoms with Gasteiger partial charge in [-0.25, -0.2) is 4.39 Å². The first-order chi connectivity index (χ1) is 12.2. The largest absolute Gasteiger partial charge is 0.497 e. The highest BCUT2D eigenvalue weighted by molar-refractivity contribution is 5.94. The normalized spacial score (nSPS) is 10.5. The highest BCUT2D eigenvalue weighted by atomic mass is 19.1. The predicted octanol–water partition coefficient (Wildman–Crippen LogP) is 3.80. The lowest BCUT2D eigenvalue weighted by Gasteiger charge is -2.09. The second kappa shape index (κ2) is 7.66. The Morgan fingerprint density at radius 1 is 1.00 bits per heavy atom. The minimum Gasteiger partial charge on any atom is -0.497 e. The van der Waals surface area contributed by atoms with E-state index in [0.717, 1.165) is 16.5 Å². The molecule has 3 aromatic rings. The zero-order valence-electron chi connectivity index (χ0n) is 13.8. The molecule has 1 N–H and O–H groups in total. The molecule has 0 aliphatic rings. The van der Waals surface area contributed by atoms with Gasteiger partial charge in [0.1, 0.15) is 23.9 Å². The minimum absolute atomic E-state index is 0.0218. The van der Waals surface area contributed by atoms with E-state index in [1.807, 2.05) is 42.5 Å². The maximum absolute atomic E-state index is 13.8. The van der Waals surface area contributed by atoms with Crippen molar-refractivity contribution in [1.82, 2.24) is 5.32 Å². The Hall–Kier alpha value is -3.08. The topological polar surface area (TPSA) is 47.6 Å². The molecule has 0 atom stereocenters. The summed E-state index contributed by atoms with van der Waals surface area (Å²) in [6.45, 7) is 0.568. The molecule has 0 aliphatic carbocycles. The van der Waals surface area contributed by atoms with Crippen LogP contribution < -0.4 is 14.8 Å². The third-order valence-electron chi connectivity index (χ3n) is 3.80. The van der Waals surface area contributed by atoms with Gasteiger partial charge in [-0.15, -0.1) is 0 Å². The molecule has 1 amide bonds. The van der Waals surface area contributed by atoms with Crippen LogP contribution in [0.5, 0.6) is 11.5 Å². The number of hydrogen-bond donors (Lipinski definition) is 1. The Morgan fingerprint density at radius 2 is 1.76 bits per heavy atom. The van der Waals surface area contributed by atoms with Gasteiger partial charge in [-0.05, 0) is 35.0 Å². The van der Waals surface area contributed by atoms with Crippen LogP contribution in [-0.4, -0.2) is 26.2 Å². The number of benzene rings is 3. The average molecular weight is 339 g/mol. The fraction of sp³-hybridized carbons (Fsp3) is 0.150. The van der Waals surface area contributed by atoms with Crippen molar-refractivity contribution in [2.45, 2.75) is 0 Å². The smallest absolute Gasteiger partial charge is 0.254 e. The van der Waals surface area contributed by atoms with Crippen molar-refractivity contribution in [2.75, 3.05) is 20.3 Å². The van der Waals surface area contributed by atoms with E-state index in [1.165, 1.54) is 19.2 Å². The van der Waals surface area contributed by atoms with E-state index in [0.29, 0.717) is 12.4 Å². The van der Waals surface area contributed by atoms with Crippen LogP contribution in [0.15, 0.2) is 60.7 Å². The van der Waals surface area contributed by atoms with E-state index in [2.05, 4.69) is 5.32 Å². The lowest BCUT2D eigenvalue weighted by atomic mass is 10.1. The van der Waals surface area contributed by atoms with Gasteiger partial charge in [0.15, 0.2) is 0 Å². The Labute approximate surface area is 145 Å². The van der Waals surface area contributed by atoms with Crippen molar-refractivity contribution in [3.8, 4) is 11.5 Å². The van der Waals surface area contributed by atoms with E-state index in [4.69, 9.17) is 9.47 Å². The van der Waals surface area contributed by atoms with Crippen LogP contribution in [0.25, 0.3) is 10.8 Å². The molecule has 0 bridgehead atoms. The molecule has 3 rings (SSSR count). The van der Waals surface area contributed by atoms with Crippen molar-refractivity contribution in [3.63, 3.8) is 0 Å². The molecule has 3 aromatic carbocycles. The highest BCUT2D eigenvalue weighted by Gasteiger charge is 2.12. The fourth-order valence-electron chi connectivity index (χ4n) is 2.49. The Balaban J connectivity index is 1.53. The van der Waals surface area contributed by atoms with Gasteiger partial charge in [-0.3, -0.25) is 4.79 Å². The van der Waals surface area contributed by atoms with E-state index < -0.39 is 11.7 Å². The summed E-state index contributed by atoms with van der Waals surface area (Å²) < 4.78 is 24.4. The van der Waals surface area contributed by atoms with E-state index >= 15 is 0 Å². The minimum atomic E-state index is -0.618. The summed E-state index contributed by atoms with van der Waals surface area (Å²) in [5.41, 5.74) is -0.0218. The van der Waals surface area contributed by atoms with Gasteiger partial charge in [0.25, 0.3) is 5.91 Å². The first kappa shape index (κ1) is 16.8. The van der Waals surface area contributed by atoms with E-state index in [9.17, 15) is 9.18 Å².